The normalized spacial score (nSPS) is 10.9. The second kappa shape index (κ2) is 10.7. The van der Waals surface area contributed by atoms with Crippen molar-refractivity contribution in [2.45, 2.75) is 45.8 Å². The van der Waals surface area contributed by atoms with E-state index in [9.17, 15) is 9.59 Å². The molecule has 1 aromatic carbocycles. The van der Waals surface area contributed by atoms with Gasteiger partial charge in [0.05, 0.1) is 12.8 Å². The van der Waals surface area contributed by atoms with Crippen LogP contribution in [-0.2, 0) is 20.9 Å². The van der Waals surface area contributed by atoms with E-state index in [1.807, 2.05) is 29.6 Å². The average molecular weight is 422 g/mol. The van der Waals surface area contributed by atoms with Crippen LogP contribution in [-0.4, -0.2) is 36.3 Å². The Balaban J connectivity index is 1.65. The fourth-order valence-corrected chi connectivity index (χ4v) is 2.91. The van der Waals surface area contributed by atoms with Crippen molar-refractivity contribution in [3.63, 3.8) is 0 Å². The van der Waals surface area contributed by atoms with Crippen LogP contribution < -0.4 is 15.4 Å². The van der Waals surface area contributed by atoms with Gasteiger partial charge in [0, 0.05) is 24.0 Å². The quantitative estimate of drug-likeness (QED) is 0.461. The monoisotopic (exact) mass is 421 g/mol. The van der Waals surface area contributed by atoms with Crippen molar-refractivity contribution >= 4 is 34.2 Å². The topological polar surface area (TPSA) is 98.8 Å². The third kappa shape index (κ3) is 8.82. The van der Waals surface area contributed by atoms with Gasteiger partial charge in [0.15, 0.2) is 5.13 Å². The highest BCUT2D eigenvalue weighted by molar-refractivity contribution is 7.13. The van der Waals surface area contributed by atoms with Gasteiger partial charge in [-0.2, -0.15) is 0 Å². The summed E-state index contributed by atoms with van der Waals surface area (Å²) >= 11 is 1.43. The van der Waals surface area contributed by atoms with E-state index in [1.165, 1.54) is 11.3 Å². The molecule has 0 aliphatic heterocycles. The first-order valence-electron chi connectivity index (χ1n) is 9.23. The van der Waals surface area contributed by atoms with Crippen molar-refractivity contribution in [1.29, 1.82) is 0 Å². The molecule has 0 spiro atoms. The molecule has 0 aliphatic carbocycles. The number of hydrogen-bond donors (Lipinski definition) is 2. The average Bonchev–Trinajstić information content (AvgIpc) is 3.10. The molecule has 0 saturated carbocycles. The zero-order valence-electron chi connectivity index (χ0n) is 17.1. The van der Waals surface area contributed by atoms with Crippen molar-refractivity contribution in [3.05, 3.63) is 35.3 Å². The Hall–Kier alpha value is -2.81. The number of methoxy groups -OCH3 is 1. The number of aromatic nitrogens is 1. The Bertz CT molecular complexity index is 799. The van der Waals surface area contributed by atoms with Crippen LogP contribution in [0.3, 0.4) is 0 Å². The first-order chi connectivity index (χ1) is 13.7. The molecule has 2 N–H and O–H groups in total. The Morgan fingerprint density at radius 1 is 1.17 bits per heavy atom. The molecule has 2 rings (SSSR count). The van der Waals surface area contributed by atoms with Crippen LogP contribution in [0.5, 0.6) is 5.75 Å². The molecule has 2 aromatic rings. The standard InChI is InChI=1S/C20H27N3O5S/c1-20(2,3)28-19(25)21-11-5-6-17(24)27-12-15-13-29-18(23-15)22-14-7-9-16(26-4)10-8-14/h7-10,13H,5-6,11-12H2,1-4H3,(H,21,25)(H,22,23). The molecule has 1 aromatic heterocycles. The first kappa shape index (κ1) is 22.5. The lowest BCUT2D eigenvalue weighted by molar-refractivity contribution is -0.145. The van der Waals surface area contributed by atoms with Crippen LogP contribution in [0.1, 0.15) is 39.3 Å². The number of carbonyl (C=O) groups is 2. The molecule has 1 heterocycles. The van der Waals surface area contributed by atoms with E-state index in [0.717, 1.165) is 11.4 Å². The van der Waals surface area contributed by atoms with Gasteiger partial charge in [-0.05, 0) is 51.5 Å². The van der Waals surface area contributed by atoms with Crippen molar-refractivity contribution in [1.82, 2.24) is 10.3 Å². The van der Waals surface area contributed by atoms with Crippen LogP contribution in [0, 0.1) is 0 Å². The van der Waals surface area contributed by atoms with Crippen LogP contribution in [0.2, 0.25) is 0 Å². The lowest BCUT2D eigenvalue weighted by atomic mass is 10.2. The Morgan fingerprint density at radius 2 is 1.90 bits per heavy atom. The molecule has 8 nitrogen and oxygen atoms in total. The molecule has 0 aliphatic rings. The number of amides is 1. The first-order valence-corrected chi connectivity index (χ1v) is 10.1. The van der Waals surface area contributed by atoms with Gasteiger partial charge >= 0.3 is 12.1 Å². The number of carbonyl (C=O) groups excluding carboxylic acids is 2. The highest BCUT2D eigenvalue weighted by Gasteiger charge is 2.15. The molecule has 0 fully saturated rings. The third-order valence-electron chi connectivity index (χ3n) is 3.50. The van der Waals surface area contributed by atoms with Gasteiger partial charge in [-0.15, -0.1) is 11.3 Å². The molecule has 1 amide bonds. The van der Waals surface area contributed by atoms with Crippen molar-refractivity contribution in [3.8, 4) is 5.75 Å². The maximum absolute atomic E-state index is 11.8. The smallest absolute Gasteiger partial charge is 0.407 e. The summed E-state index contributed by atoms with van der Waals surface area (Å²) in [6.45, 7) is 5.83. The molecule has 0 bridgehead atoms. The predicted molar refractivity (Wildman–Crippen MR) is 112 cm³/mol. The molecular weight excluding hydrogens is 394 g/mol. The van der Waals surface area contributed by atoms with E-state index in [1.54, 1.807) is 27.9 Å². The number of alkyl carbamates (subject to hydrolysis) is 1. The Kier molecular flexibility index (Phi) is 8.26. The predicted octanol–water partition coefficient (Wildman–Crippen LogP) is 4.24. The highest BCUT2D eigenvalue weighted by Crippen LogP contribution is 2.23. The highest BCUT2D eigenvalue weighted by atomic mass is 32.1. The van der Waals surface area contributed by atoms with Crippen LogP contribution in [0.25, 0.3) is 0 Å². The zero-order chi connectivity index (χ0) is 21.3. The summed E-state index contributed by atoms with van der Waals surface area (Å²) in [6.07, 6.45) is 0.182. The SMILES string of the molecule is COc1ccc(Nc2nc(COC(=O)CCCNC(=O)OC(C)(C)C)cs2)cc1. The van der Waals surface area contributed by atoms with Gasteiger partial charge in [0.1, 0.15) is 18.0 Å². The lowest BCUT2D eigenvalue weighted by Crippen LogP contribution is -2.33. The molecule has 0 unspecified atom stereocenters. The summed E-state index contributed by atoms with van der Waals surface area (Å²) < 4.78 is 15.5. The van der Waals surface area contributed by atoms with Gasteiger partial charge in [-0.25, -0.2) is 9.78 Å². The number of benzene rings is 1. The zero-order valence-corrected chi connectivity index (χ0v) is 17.9. The van der Waals surface area contributed by atoms with Crippen molar-refractivity contribution in [2.24, 2.45) is 0 Å². The largest absolute Gasteiger partial charge is 0.497 e. The summed E-state index contributed by atoms with van der Waals surface area (Å²) in [6, 6.07) is 7.50. The van der Waals surface area contributed by atoms with E-state index in [0.29, 0.717) is 23.8 Å². The third-order valence-corrected chi connectivity index (χ3v) is 4.31. The maximum atomic E-state index is 11.8. The molecule has 0 radical (unpaired) electrons. The van der Waals surface area contributed by atoms with Crippen LogP contribution >= 0.6 is 11.3 Å². The number of rotatable bonds is 9. The minimum absolute atomic E-state index is 0.110. The summed E-state index contributed by atoms with van der Waals surface area (Å²) in [4.78, 5) is 27.7. The van der Waals surface area contributed by atoms with Gasteiger partial charge in [-0.1, -0.05) is 0 Å². The number of nitrogens with one attached hydrogen (secondary N) is 2. The fraction of sp³-hybridized carbons (Fsp3) is 0.450. The Morgan fingerprint density at radius 3 is 2.55 bits per heavy atom. The molecular formula is C20H27N3O5S. The van der Waals surface area contributed by atoms with Gasteiger partial charge in [0.2, 0.25) is 0 Å². The number of nitrogens with zero attached hydrogens (tertiary/aromatic N) is 1. The van der Waals surface area contributed by atoms with E-state index < -0.39 is 11.7 Å². The summed E-state index contributed by atoms with van der Waals surface area (Å²) in [7, 11) is 1.62. The van der Waals surface area contributed by atoms with E-state index >= 15 is 0 Å². The lowest BCUT2D eigenvalue weighted by Gasteiger charge is -2.19. The van der Waals surface area contributed by atoms with Gasteiger partial charge in [0.25, 0.3) is 0 Å². The van der Waals surface area contributed by atoms with Gasteiger partial charge < -0.3 is 24.8 Å². The molecule has 0 saturated heterocycles. The van der Waals surface area contributed by atoms with Gasteiger partial charge in [-0.3, -0.25) is 4.79 Å². The molecule has 0 atom stereocenters. The summed E-state index contributed by atoms with van der Waals surface area (Å²) in [5, 5.41) is 8.34. The molecule has 29 heavy (non-hydrogen) atoms. The summed E-state index contributed by atoms with van der Waals surface area (Å²) in [5.74, 6) is 0.442. The van der Waals surface area contributed by atoms with Crippen molar-refractivity contribution < 1.29 is 23.8 Å². The minimum atomic E-state index is -0.544. The second-order valence-electron chi connectivity index (χ2n) is 7.19. The Labute approximate surface area is 174 Å². The van der Waals surface area contributed by atoms with Crippen LogP contribution in [0.4, 0.5) is 15.6 Å². The number of thiazole rings is 1. The number of esters is 1. The van der Waals surface area contributed by atoms with Crippen LogP contribution in [0.15, 0.2) is 29.6 Å². The number of hydrogen-bond acceptors (Lipinski definition) is 8. The molecule has 158 valence electrons. The van der Waals surface area contributed by atoms with E-state index in [2.05, 4.69) is 15.6 Å². The van der Waals surface area contributed by atoms with E-state index in [-0.39, 0.29) is 19.0 Å². The molecule has 9 heteroatoms. The number of anilines is 2. The van der Waals surface area contributed by atoms with E-state index in [4.69, 9.17) is 14.2 Å². The fourth-order valence-electron chi connectivity index (χ4n) is 2.19. The second-order valence-corrected chi connectivity index (χ2v) is 8.05. The number of ether oxygens (including phenoxy) is 3. The maximum Gasteiger partial charge on any atom is 0.407 e. The van der Waals surface area contributed by atoms with Crippen molar-refractivity contribution in [2.75, 3.05) is 19.0 Å². The minimum Gasteiger partial charge on any atom is -0.497 e. The summed E-state index contributed by atoms with van der Waals surface area (Å²) in [5.41, 5.74) is 1.02.